The second-order valence-electron chi connectivity index (χ2n) is 2.23. The molecule has 0 spiro atoms. The normalized spacial score (nSPS) is 9.67. The van der Waals surface area contributed by atoms with Crippen LogP contribution < -0.4 is 4.46 Å². The summed E-state index contributed by atoms with van der Waals surface area (Å²) in [6.45, 7) is 0. The Morgan fingerprint density at radius 2 is 1.80 bits per heavy atom. The minimum atomic E-state index is -5.09. The van der Waals surface area contributed by atoms with Gasteiger partial charge >= 0.3 is 74.3 Å². The molecule has 0 bridgehead atoms. The van der Waals surface area contributed by atoms with Crippen molar-refractivity contribution in [2.75, 3.05) is 0 Å². The van der Waals surface area contributed by atoms with Crippen LogP contribution >= 0.6 is 0 Å². The van der Waals surface area contributed by atoms with Crippen molar-refractivity contribution in [3.8, 4) is 0 Å². The Bertz CT molecular complexity index is 441. The zero-order chi connectivity index (χ0) is 10.1. The maximum atomic E-state index is 10.6. The average molecular weight is 286 g/mol. The summed E-state index contributed by atoms with van der Waals surface area (Å²) in [7, 11) is 0. The number of non-ortho nitro benzene ring substituents is 1. The fourth-order valence-corrected chi connectivity index (χ4v) is 1.85. The molecule has 86 valence electrons. The van der Waals surface area contributed by atoms with Crippen molar-refractivity contribution in [2.24, 2.45) is 0 Å². The van der Waals surface area contributed by atoms with E-state index in [0.29, 0.717) is 0 Å². The molecular weight excluding hydrogens is 277 g/mol. The molecular formula is C6H9NO7Se. The van der Waals surface area contributed by atoms with Gasteiger partial charge in [-0.1, -0.05) is 0 Å². The molecule has 15 heavy (non-hydrogen) atoms. The summed E-state index contributed by atoms with van der Waals surface area (Å²) in [4.78, 5) is 9.49. The molecule has 0 aliphatic rings. The topological polar surface area (TPSA) is 161 Å². The van der Waals surface area contributed by atoms with Gasteiger partial charge in [-0.05, 0) is 0 Å². The van der Waals surface area contributed by atoms with Gasteiger partial charge in [0.05, 0.1) is 0 Å². The fraction of sp³-hybridized carbons (Fsp3) is 0. The third-order valence-corrected chi connectivity index (χ3v) is 3.11. The molecule has 1 rings (SSSR count). The Hall–Kier alpha value is -1.38. The molecule has 1 aromatic rings. The van der Waals surface area contributed by atoms with Crippen molar-refractivity contribution in [1.29, 1.82) is 0 Å². The number of nitrogens with zero attached hydrogens (tertiary/aromatic N) is 1. The van der Waals surface area contributed by atoms with Gasteiger partial charge in [0.15, 0.2) is 0 Å². The number of benzene rings is 1. The van der Waals surface area contributed by atoms with E-state index in [4.69, 9.17) is 4.19 Å². The third-order valence-electron chi connectivity index (χ3n) is 1.33. The zero-order valence-electron chi connectivity index (χ0n) is 7.25. The molecule has 5 N–H and O–H groups in total. The van der Waals surface area contributed by atoms with Crippen molar-refractivity contribution >= 4 is 23.2 Å². The third kappa shape index (κ3) is 4.10. The van der Waals surface area contributed by atoms with E-state index in [2.05, 4.69) is 0 Å². The Labute approximate surface area is 85.9 Å². The summed E-state index contributed by atoms with van der Waals surface area (Å²) < 4.78 is 29.4. The summed E-state index contributed by atoms with van der Waals surface area (Å²) in [6.07, 6.45) is 0. The molecule has 0 saturated carbocycles. The van der Waals surface area contributed by atoms with E-state index >= 15 is 0 Å². The standard InChI is InChI=1S/C6H5NO5Se.2H2O/c8-7(9)5-2-1-3-6(4-5)13(10,11)12;;/h1-4H,(H,10,11,12);2*1H2. The Kier molecular flexibility index (Phi) is 5.88. The van der Waals surface area contributed by atoms with Gasteiger partial charge in [-0.3, -0.25) is 0 Å². The second-order valence-corrected chi connectivity index (χ2v) is 5.21. The van der Waals surface area contributed by atoms with E-state index in [1.165, 1.54) is 6.07 Å². The predicted molar refractivity (Wildman–Crippen MR) is 49.3 cm³/mol. The van der Waals surface area contributed by atoms with Crippen LogP contribution in [0.2, 0.25) is 0 Å². The van der Waals surface area contributed by atoms with E-state index in [9.17, 15) is 17.8 Å². The van der Waals surface area contributed by atoms with Crippen LogP contribution in [0.4, 0.5) is 5.69 Å². The monoisotopic (exact) mass is 287 g/mol. The van der Waals surface area contributed by atoms with E-state index in [0.717, 1.165) is 18.2 Å². The molecule has 0 heterocycles. The number of hydrogen-bond acceptors (Lipinski definition) is 4. The summed E-state index contributed by atoms with van der Waals surface area (Å²) in [6, 6.07) is 4.27. The molecule has 0 fully saturated rings. The Morgan fingerprint density at radius 1 is 1.27 bits per heavy atom. The summed E-state index contributed by atoms with van der Waals surface area (Å²) in [5.41, 5.74) is -0.361. The van der Waals surface area contributed by atoms with Crippen molar-refractivity contribution in [3.63, 3.8) is 0 Å². The van der Waals surface area contributed by atoms with E-state index in [-0.39, 0.29) is 16.6 Å². The van der Waals surface area contributed by atoms with Crippen LogP contribution in [-0.2, 0) is 7.67 Å². The Morgan fingerprint density at radius 3 is 2.20 bits per heavy atom. The van der Waals surface area contributed by atoms with Crippen LogP contribution in [0.25, 0.3) is 0 Å². The quantitative estimate of drug-likeness (QED) is 0.375. The van der Waals surface area contributed by atoms with Gasteiger partial charge in [-0.15, -0.1) is 0 Å². The number of rotatable bonds is 2. The fourth-order valence-electron chi connectivity index (χ4n) is 0.758. The van der Waals surface area contributed by atoms with E-state index < -0.39 is 22.4 Å². The summed E-state index contributed by atoms with van der Waals surface area (Å²) in [5, 5.41) is 10.2. The summed E-state index contributed by atoms with van der Waals surface area (Å²) >= 11 is -5.09. The van der Waals surface area contributed by atoms with Crippen LogP contribution in [0, 0.1) is 10.1 Å². The van der Waals surface area contributed by atoms with Crippen LogP contribution in [0.1, 0.15) is 0 Å². The van der Waals surface area contributed by atoms with Gasteiger partial charge in [-0.2, -0.15) is 0 Å². The zero-order valence-corrected chi connectivity index (χ0v) is 8.96. The van der Waals surface area contributed by atoms with Crippen LogP contribution in [-0.4, -0.2) is 33.1 Å². The first-order valence-electron chi connectivity index (χ1n) is 3.13. The molecule has 0 atom stereocenters. The molecule has 0 unspecified atom stereocenters. The minimum absolute atomic E-state index is 0. The van der Waals surface area contributed by atoms with E-state index in [1.807, 2.05) is 0 Å². The van der Waals surface area contributed by atoms with Crippen molar-refractivity contribution in [1.82, 2.24) is 0 Å². The van der Waals surface area contributed by atoms with Gasteiger partial charge < -0.3 is 11.0 Å². The maximum absolute atomic E-state index is 10.6. The van der Waals surface area contributed by atoms with Gasteiger partial charge in [0.2, 0.25) is 0 Å². The second kappa shape index (κ2) is 5.49. The predicted octanol–water partition coefficient (Wildman–Crippen LogP) is -2.06. The molecule has 0 radical (unpaired) electrons. The van der Waals surface area contributed by atoms with Gasteiger partial charge in [0.25, 0.3) is 0 Å². The van der Waals surface area contributed by atoms with Crippen molar-refractivity contribution < 1.29 is 27.7 Å². The number of nitro benzene ring substituents is 1. The van der Waals surface area contributed by atoms with Crippen LogP contribution in [0.15, 0.2) is 24.3 Å². The number of hydrogen-bond donors (Lipinski definition) is 1. The van der Waals surface area contributed by atoms with Crippen molar-refractivity contribution in [2.45, 2.75) is 0 Å². The summed E-state index contributed by atoms with van der Waals surface area (Å²) in [5.74, 6) is 0. The molecule has 0 saturated heterocycles. The molecule has 0 amide bonds. The van der Waals surface area contributed by atoms with Gasteiger partial charge in [-0.25, -0.2) is 0 Å². The van der Waals surface area contributed by atoms with Gasteiger partial charge in [0, 0.05) is 0 Å². The molecule has 0 aliphatic carbocycles. The van der Waals surface area contributed by atoms with Crippen LogP contribution in [0.5, 0.6) is 0 Å². The van der Waals surface area contributed by atoms with Crippen LogP contribution in [0.3, 0.4) is 0 Å². The molecule has 0 aliphatic heterocycles. The SMILES string of the molecule is O.O.O=[N+]([O-])c1cccc([Se](=O)(=O)O)c1. The molecule has 1 aromatic carbocycles. The average Bonchev–Trinajstić information content (AvgIpc) is 2.03. The number of nitro groups is 1. The molecule has 8 nitrogen and oxygen atoms in total. The first-order chi connectivity index (χ1) is 5.91. The Balaban J connectivity index is 0. The van der Waals surface area contributed by atoms with Crippen molar-refractivity contribution in [3.05, 3.63) is 34.4 Å². The van der Waals surface area contributed by atoms with Gasteiger partial charge in [0.1, 0.15) is 0 Å². The first-order valence-corrected chi connectivity index (χ1v) is 6.15. The molecule has 9 heteroatoms. The van der Waals surface area contributed by atoms with E-state index in [1.54, 1.807) is 0 Å². The molecule has 0 aromatic heterocycles. The first kappa shape index (κ1) is 16.1.